The first kappa shape index (κ1) is 17.7. The Balaban J connectivity index is 1.80. The van der Waals surface area contributed by atoms with Crippen molar-refractivity contribution in [3.63, 3.8) is 0 Å². The molecule has 0 radical (unpaired) electrons. The smallest absolute Gasteiger partial charge is 0.263 e. The highest BCUT2D eigenvalue weighted by molar-refractivity contribution is 7.17. The van der Waals surface area contributed by atoms with Crippen molar-refractivity contribution in [1.29, 1.82) is 0 Å². The standard InChI is InChI=1S/C23H22N2OS/c1-15(2)17-8-10-18(11-9-17)20-13-27-22-21(20)23(26)25(14-24-22)12-19-7-5-4-6-16(19)3/h4-11,13-15H,12H2,1-3H3. The maximum atomic E-state index is 13.2. The summed E-state index contributed by atoms with van der Waals surface area (Å²) in [6.45, 7) is 6.97. The minimum atomic E-state index is 0.0208. The summed E-state index contributed by atoms with van der Waals surface area (Å²) in [5.41, 5.74) is 5.68. The van der Waals surface area contributed by atoms with E-state index in [1.54, 1.807) is 10.9 Å². The summed E-state index contributed by atoms with van der Waals surface area (Å²) in [5.74, 6) is 0.492. The number of fused-ring (bicyclic) bond motifs is 1. The maximum absolute atomic E-state index is 13.2. The molecule has 2 heterocycles. The number of hydrogen-bond acceptors (Lipinski definition) is 3. The van der Waals surface area contributed by atoms with Crippen molar-refractivity contribution in [2.45, 2.75) is 33.2 Å². The largest absolute Gasteiger partial charge is 0.294 e. The molecule has 4 aromatic rings. The van der Waals surface area contributed by atoms with Gasteiger partial charge in [-0.1, -0.05) is 62.4 Å². The zero-order valence-electron chi connectivity index (χ0n) is 15.8. The number of rotatable bonds is 4. The van der Waals surface area contributed by atoms with Crippen LogP contribution < -0.4 is 5.56 Å². The van der Waals surface area contributed by atoms with Crippen LogP contribution in [-0.2, 0) is 6.54 Å². The van der Waals surface area contributed by atoms with Gasteiger partial charge in [-0.05, 0) is 35.1 Å². The van der Waals surface area contributed by atoms with Crippen molar-refractivity contribution in [1.82, 2.24) is 9.55 Å². The van der Waals surface area contributed by atoms with Crippen LogP contribution in [0, 0.1) is 6.92 Å². The second kappa shape index (κ2) is 7.12. The summed E-state index contributed by atoms with van der Waals surface area (Å²) in [4.78, 5) is 18.5. The summed E-state index contributed by atoms with van der Waals surface area (Å²) < 4.78 is 1.71. The van der Waals surface area contributed by atoms with Gasteiger partial charge in [-0.2, -0.15) is 0 Å². The first-order chi connectivity index (χ1) is 13.0. The van der Waals surface area contributed by atoms with E-state index in [0.717, 1.165) is 21.5 Å². The minimum absolute atomic E-state index is 0.0208. The monoisotopic (exact) mass is 374 g/mol. The van der Waals surface area contributed by atoms with Crippen LogP contribution in [0.15, 0.2) is 65.0 Å². The van der Waals surface area contributed by atoms with E-state index in [0.29, 0.717) is 17.8 Å². The summed E-state index contributed by atoms with van der Waals surface area (Å²) >= 11 is 1.53. The van der Waals surface area contributed by atoms with Gasteiger partial charge in [-0.3, -0.25) is 9.36 Å². The van der Waals surface area contributed by atoms with Crippen LogP contribution in [0.4, 0.5) is 0 Å². The second-order valence-electron chi connectivity index (χ2n) is 7.21. The molecule has 2 aromatic heterocycles. The molecule has 0 aliphatic carbocycles. The molecule has 0 unspecified atom stereocenters. The van der Waals surface area contributed by atoms with Gasteiger partial charge < -0.3 is 0 Å². The van der Waals surface area contributed by atoms with Crippen molar-refractivity contribution < 1.29 is 0 Å². The van der Waals surface area contributed by atoms with Crippen molar-refractivity contribution in [2.75, 3.05) is 0 Å². The number of aryl methyl sites for hydroxylation is 1. The molecule has 136 valence electrons. The van der Waals surface area contributed by atoms with Crippen molar-refractivity contribution in [2.24, 2.45) is 0 Å². The third-order valence-corrected chi connectivity index (χ3v) is 5.94. The van der Waals surface area contributed by atoms with E-state index >= 15 is 0 Å². The molecular weight excluding hydrogens is 352 g/mol. The molecule has 0 saturated heterocycles. The number of benzene rings is 2. The summed E-state index contributed by atoms with van der Waals surface area (Å²) in [5, 5.41) is 2.76. The fourth-order valence-corrected chi connectivity index (χ4v) is 4.22. The first-order valence-corrected chi connectivity index (χ1v) is 10.0. The van der Waals surface area contributed by atoms with Crippen molar-refractivity contribution >= 4 is 21.6 Å². The Morgan fingerprint density at radius 1 is 1.07 bits per heavy atom. The van der Waals surface area contributed by atoms with Crippen LogP contribution in [0.3, 0.4) is 0 Å². The van der Waals surface area contributed by atoms with Gasteiger partial charge in [0.25, 0.3) is 5.56 Å². The molecule has 3 nitrogen and oxygen atoms in total. The highest BCUT2D eigenvalue weighted by atomic mass is 32.1. The Kier molecular flexibility index (Phi) is 4.66. The average Bonchev–Trinajstić information content (AvgIpc) is 3.10. The van der Waals surface area contributed by atoms with Crippen LogP contribution in [0.25, 0.3) is 21.3 Å². The van der Waals surface area contributed by atoms with Crippen LogP contribution >= 0.6 is 11.3 Å². The van der Waals surface area contributed by atoms with Gasteiger partial charge in [0.2, 0.25) is 0 Å². The molecule has 0 N–H and O–H groups in total. The normalized spacial score (nSPS) is 11.4. The molecule has 2 aromatic carbocycles. The predicted octanol–water partition coefficient (Wildman–Crippen LogP) is 5.61. The lowest BCUT2D eigenvalue weighted by atomic mass is 9.99. The van der Waals surface area contributed by atoms with Gasteiger partial charge >= 0.3 is 0 Å². The zero-order chi connectivity index (χ0) is 19.0. The third-order valence-electron chi connectivity index (χ3n) is 5.05. The van der Waals surface area contributed by atoms with Crippen molar-refractivity contribution in [3.05, 3.63) is 87.3 Å². The van der Waals surface area contributed by atoms with E-state index < -0.39 is 0 Å². The van der Waals surface area contributed by atoms with E-state index in [-0.39, 0.29) is 5.56 Å². The average molecular weight is 375 g/mol. The Labute approximate surface area is 163 Å². The molecule has 0 amide bonds. The highest BCUT2D eigenvalue weighted by Crippen LogP contribution is 2.31. The van der Waals surface area contributed by atoms with Crippen LogP contribution in [0.2, 0.25) is 0 Å². The number of aromatic nitrogens is 2. The Hall–Kier alpha value is -2.72. The molecule has 0 atom stereocenters. The fourth-order valence-electron chi connectivity index (χ4n) is 3.31. The molecular formula is C23H22N2OS. The summed E-state index contributed by atoms with van der Waals surface area (Å²) in [6.07, 6.45) is 1.67. The molecule has 4 heteroatoms. The quantitative estimate of drug-likeness (QED) is 0.466. The van der Waals surface area contributed by atoms with E-state index in [1.165, 1.54) is 22.5 Å². The Morgan fingerprint density at radius 3 is 2.52 bits per heavy atom. The minimum Gasteiger partial charge on any atom is -0.294 e. The molecule has 0 aliphatic rings. The van der Waals surface area contributed by atoms with Gasteiger partial charge in [-0.25, -0.2) is 4.98 Å². The Morgan fingerprint density at radius 2 is 1.81 bits per heavy atom. The number of hydrogen-bond donors (Lipinski definition) is 0. The maximum Gasteiger partial charge on any atom is 0.263 e. The predicted molar refractivity (Wildman–Crippen MR) is 114 cm³/mol. The van der Waals surface area contributed by atoms with Crippen LogP contribution in [-0.4, -0.2) is 9.55 Å². The first-order valence-electron chi connectivity index (χ1n) is 9.16. The lowest BCUT2D eigenvalue weighted by molar-refractivity contribution is 0.745. The van der Waals surface area contributed by atoms with E-state index in [4.69, 9.17) is 0 Å². The number of thiophene rings is 1. The lowest BCUT2D eigenvalue weighted by Gasteiger charge is -2.09. The molecule has 0 aliphatic heterocycles. The molecule has 4 rings (SSSR count). The SMILES string of the molecule is Cc1ccccc1Cn1cnc2scc(-c3ccc(C(C)C)cc3)c2c1=O. The van der Waals surface area contributed by atoms with Crippen LogP contribution in [0.5, 0.6) is 0 Å². The summed E-state index contributed by atoms with van der Waals surface area (Å²) in [6, 6.07) is 16.7. The fraction of sp³-hybridized carbons (Fsp3) is 0.217. The van der Waals surface area contributed by atoms with E-state index in [2.05, 4.69) is 62.2 Å². The molecule has 0 fully saturated rings. The van der Waals surface area contributed by atoms with E-state index in [9.17, 15) is 4.79 Å². The molecule has 27 heavy (non-hydrogen) atoms. The van der Waals surface area contributed by atoms with Gasteiger partial charge in [0.15, 0.2) is 0 Å². The van der Waals surface area contributed by atoms with Gasteiger partial charge in [0.1, 0.15) is 4.83 Å². The molecule has 0 spiro atoms. The Bertz CT molecular complexity index is 1150. The van der Waals surface area contributed by atoms with Gasteiger partial charge in [0.05, 0.1) is 18.3 Å². The topological polar surface area (TPSA) is 34.9 Å². The van der Waals surface area contributed by atoms with Gasteiger partial charge in [0, 0.05) is 10.9 Å². The van der Waals surface area contributed by atoms with Crippen molar-refractivity contribution in [3.8, 4) is 11.1 Å². The number of nitrogens with zero attached hydrogens (tertiary/aromatic N) is 2. The van der Waals surface area contributed by atoms with E-state index in [1.807, 2.05) is 17.5 Å². The summed E-state index contributed by atoms with van der Waals surface area (Å²) in [7, 11) is 0. The third kappa shape index (κ3) is 3.33. The lowest BCUT2D eigenvalue weighted by Crippen LogP contribution is -2.21. The zero-order valence-corrected chi connectivity index (χ0v) is 16.6. The highest BCUT2D eigenvalue weighted by Gasteiger charge is 2.14. The second-order valence-corrected chi connectivity index (χ2v) is 8.07. The van der Waals surface area contributed by atoms with Crippen LogP contribution in [0.1, 0.15) is 36.5 Å². The molecule has 0 bridgehead atoms. The molecule has 0 saturated carbocycles. The van der Waals surface area contributed by atoms with Gasteiger partial charge in [-0.15, -0.1) is 11.3 Å².